The molecule has 156 valence electrons. The standard InChI is InChI=1S/C22H15Cl2N3O4/c23-15-7-9-16(10-8-15)26-20(28)21(29)27-25-13-14-5-11-17(12-6-14)31-22(30)18-3-1-2-4-19(18)24/h1-13H,(H,26,28)(H,27,29). The molecule has 0 aliphatic rings. The highest BCUT2D eigenvalue weighted by molar-refractivity contribution is 6.39. The maximum Gasteiger partial charge on any atom is 0.345 e. The second-order valence-electron chi connectivity index (χ2n) is 6.10. The van der Waals surface area contributed by atoms with Crippen LogP contribution in [0.15, 0.2) is 77.9 Å². The van der Waals surface area contributed by atoms with Crippen molar-refractivity contribution in [1.29, 1.82) is 0 Å². The number of hydrogen-bond donors (Lipinski definition) is 2. The minimum absolute atomic E-state index is 0.259. The van der Waals surface area contributed by atoms with Crippen molar-refractivity contribution in [2.24, 2.45) is 5.10 Å². The summed E-state index contributed by atoms with van der Waals surface area (Å²) in [5.41, 5.74) is 3.42. The van der Waals surface area contributed by atoms with Gasteiger partial charge in [0.05, 0.1) is 16.8 Å². The maximum atomic E-state index is 12.2. The fourth-order valence-corrected chi connectivity index (χ4v) is 2.69. The Labute approximate surface area is 187 Å². The molecular weight excluding hydrogens is 441 g/mol. The van der Waals surface area contributed by atoms with Gasteiger partial charge in [0.25, 0.3) is 0 Å². The molecule has 0 aromatic heterocycles. The van der Waals surface area contributed by atoms with Gasteiger partial charge in [-0.1, -0.05) is 35.3 Å². The molecule has 0 spiro atoms. The van der Waals surface area contributed by atoms with Gasteiger partial charge in [-0.2, -0.15) is 5.10 Å². The van der Waals surface area contributed by atoms with Gasteiger partial charge in [0.1, 0.15) is 5.75 Å². The first-order valence-corrected chi connectivity index (χ1v) is 9.65. The molecule has 0 fully saturated rings. The minimum atomic E-state index is -0.934. The van der Waals surface area contributed by atoms with Crippen LogP contribution >= 0.6 is 23.2 Å². The van der Waals surface area contributed by atoms with Crippen LogP contribution in [0.2, 0.25) is 10.0 Å². The molecule has 0 radical (unpaired) electrons. The summed E-state index contributed by atoms with van der Waals surface area (Å²) in [6, 6.07) is 19.2. The number of halogens is 2. The molecule has 0 aliphatic carbocycles. The zero-order valence-corrected chi connectivity index (χ0v) is 17.4. The number of amides is 2. The van der Waals surface area contributed by atoms with Crippen LogP contribution in [0, 0.1) is 0 Å². The summed E-state index contributed by atoms with van der Waals surface area (Å²) in [5.74, 6) is -2.07. The van der Waals surface area contributed by atoms with E-state index in [1.807, 2.05) is 0 Å². The predicted octanol–water partition coefficient (Wildman–Crippen LogP) is 4.30. The van der Waals surface area contributed by atoms with Crippen LogP contribution in [0.5, 0.6) is 5.75 Å². The molecule has 2 N–H and O–H groups in total. The third-order valence-corrected chi connectivity index (χ3v) is 4.45. The van der Waals surface area contributed by atoms with Crippen molar-refractivity contribution in [1.82, 2.24) is 5.43 Å². The van der Waals surface area contributed by atoms with E-state index < -0.39 is 17.8 Å². The van der Waals surface area contributed by atoms with Crippen LogP contribution in [0.4, 0.5) is 5.69 Å². The van der Waals surface area contributed by atoms with Crippen LogP contribution in [-0.2, 0) is 9.59 Å². The third-order valence-electron chi connectivity index (χ3n) is 3.87. The van der Waals surface area contributed by atoms with Crippen molar-refractivity contribution in [3.8, 4) is 5.75 Å². The van der Waals surface area contributed by atoms with E-state index in [4.69, 9.17) is 27.9 Å². The number of carbonyl (C=O) groups excluding carboxylic acids is 3. The molecule has 3 rings (SSSR count). The minimum Gasteiger partial charge on any atom is -0.423 e. The highest BCUT2D eigenvalue weighted by Crippen LogP contribution is 2.19. The summed E-state index contributed by atoms with van der Waals surface area (Å²) in [6.45, 7) is 0. The average Bonchev–Trinajstić information content (AvgIpc) is 2.76. The lowest BCUT2D eigenvalue weighted by Crippen LogP contribution is -2.32. The SMILES string of the molecule is O=C(NN=Cc1ccc(OC(=O)c2ccccc2Cl)cc1)C(=O)Nc1ccc(Cl)cc1. The Morgan fingerprint density at radius 3 is 2.19 bits per heavy atom. The van der Waals surface area contributed by atoms with Crippen LogP contribution in [0.3, 0.4) is 0 Å². The van der Waals surface area contributed by atoms with Crippen molar-refractivity contribution in [2.45, 2.75) is 0 Å². The quantitative estimate of drug-likeness (QED) is 0.197. The smallest absolute Gasteiger partial charge is 0.345 e. The van der Waals surface area contributed by atoms with E-state index >= 15 is 0 Å². The summed E-state index contributed by atoms with van der Waals surface area (Å²) in [4.78, 5) is 35.8. The normalized spacial score (nSPS) is 10.5. The Morgan fingerprint density at radius 2 is 1.52 bits per heavy atom. The van der Waals surface area contributed by atoms with Crippen LogP contribution in [0.1, 0.15) is 15.9 Å². The molecule has 0 aliphatic heterocycles. The van der Waals surface area contributed by atoms with E-state index in [0.717, 1.165) is 0 Å². The van der Waals surface area contributed by atoms with Crippen molar-refractivity contribution < 1.29 is 19.1 Å². The summed E-state index contributed by atoms with van der Waals surface area (Å²) >= 11 is 11.7. The monoisotopic (exact) mass is 455 g/mol. The first-order valence-electron chi connectivity index (χ1n) is 8.89. The molecule has 3 aromatic carbocycles. The Morgan fingerprint density at radius 1 is 0.839 bits per heavy atom. The van der Waals surface area contributed by atoms with E-state index in [1.54, 1.807) is 72.8 Å². The largest absolute Gasteiger partial charge is 0.423 e. The number of carbonyl (C=O) groups is 3. The summed E-state index contributed by atoms with van der Waals surface area (Å²) in [7, 11) is 0. The lowest BCUT2D eigenvalue weighted by Gasteiger charge is -2.06. The molecule has 0 unspecified atom stereocenters. The lowest BCUT2D eigenvalue weighted by atomic mass is 10.2. The number of nitrogens with one attached hydrogen (secondary N) is 2. The van der Waals surface area contributed by atoms with Gasteiger partial charge in [-0.05, 0) is 66.2 Å². The Balaban J connectivity index is 1.51. The molecule has 9 heteroatoms. The van der Waals surface area contributed by atoms with E-state index in [0.29, 0.717) is 27.0 Å². The second kappa shape index (κ2) is 10.4. The number of hydrogen-bond acceptors (Lipinski definition) is 5. The van der Waals surface area contributed by atoms with Gasteiger partial charge in [-0.3, -0.25) is 9.59 Å². The number of anilines is 1. The molecular formula is C22H15Cl2N3O4. The molecule has 0 atom stereocenters. The van der Waals surface area contributed by atoms with Gasteiger partial charge in [-0.15, -0.1) is 0 Å². The van der Waals surface area contributed by atoms with Crippen LogP contribution < -0.4 is 15.5 Å². The van der Waals surface area contributed by atoms with Gasteiger partial charge in [0.15, 0.2) is 0 Å². The zero-order valence-electron chi connectivity index (χ0n) is 15.8. The summed E-state index contributed by atoms with van der Waals surface area (Å²) in [5, 5.41) is 6.96. The molecule has 0 saturated heterocycles. The van der Waals surface area contributed by atoms with Gasteiger partial charge < -0.3 is 10.1 Å². The number of nitrogens with zero attached hydrogens (tertiary/aromatic N) is 1. The summed E-state index contributed by atoms with van der Waals surface area (Å²) < 4.78 is 5.28. The molecule has 0 heterocycles. The topological polar surface area (TPSA) is 96.9 Å². The van der Waals surface area contributed by atoms with E-state index in [2.05, 4.69) is 15.8 Å². The van der Waals surface area contributed by atoms with Crippen molar-refractivity contribution in [3.05, 3.63) is 94.0 Å². The summed E-state index contributed by atoms with van der Waals surface area (Å²) in [6.07, 6.45) is 1.34. The highest BCUT2D eigenvalue weighted by Gasteiger charge is 2.13. The van der Waals surface area contributed by atoms with Gasteiger partial charge in [0.2, 0.25) is 0 Å². The van der Waals surface area contributed by atoms with Crippen molar-refractivity contribution >= 4 is 52.9 Å². The van der Waals surface area contributed by atoms with Gasteiger partial charge in [-0.25, -0.2) is 10.2 Å². The Bertz CT molecular complexity index is 1130. The van der Waals surface area contributed by atoms with Crippen molar-refractivity contribution in [2.75, 3.05) is 5.32 Å². The zero-order chi connectivity index (χ0) is 22.2. The second-order valence-corrected chi connectivity index (χ2v) is 6.94. The molecule has 3 aromatic rings. The third kappa shape index (κ3) is 6.40. The first-order chi connectivity index (χ1) is 14.9. The number of hydrazone groups is 1. The van der Waals surface area contributed by atoms with Crippen molar-refractivity contribution in [3.63, 3.8) is 0 Å². The first kappa shape index (κ1) is 22.0. The molecule has 0 saturated carbocycles. The van der Waals surface area contributed by atoms with E-state index in [1.165, 1.54) is 6.21 Å². The average molecular weight is 456 g/mol. The van der Waals surface area contributed by atoms with Crippen LogP contribution in [0.25, 0.3) is 0 Å². The Hall–Kier alpha value is -3.68. The maximum absolute atomic E-state index is 12.2. The number of esters is 1. The fourth-order valence-electron chi connectivity index (χ4n) is 2.35. The number of ether oxygens (including phenoxy) is 1. The number of rotatable bonds is 5. The highest BCUT2D eigenvalue weighted by atomic mass is 35.5. The number of benzene rings is 3. The van der Waals surface area contributed by atoms with E-state index in [-0.39, 0.29) is 5.56 Å². The lowest BCUT2D eigenvalue weighted by molar-refractivity contribution is -0.136. The molecule has 31 heavy (non-hydrogen) atoms. The van der Waals surface area contributed by atoms with E-state index in [9.17, 15) is 14.4 Å². The molecule has 7 nitrogen and oxygen atoms in total. The molecule has 2 amide bonds. The van der Waals surface area contributed by atoms with Crippen LogP contribution in [-0.4, -0.2) is 24.0 Å². The molecule has 0 bridgehead atoms. The Kier molecular flexibility index (Phi) is 7.37. The van der Waals surface area contributed by atoms with Gasteiger partial charge in [0, 0.05) is 10.7 Å². The fraction of sp³-hybridized carbons (Fsp3) is 0. The van der Waals surface area contributed by atoms with Gasteiger partial charge >= 0.3 is 17.8 Å². The predicted molar refractivity (Wildman–Crippen MR) is 119 cm³/mol.